The molecule has 0 aliphatic rings. The number of nitrogens with zero attached hydrogens (tertiary/aromatic N) is 4. The van der Waals surface area contributed by atoms with E-state index < -0.39 is 60.4 Å². The fraction of sp³-hybridized carbons (Fsp3) is 0. The molecule has 0 amide bonds. The number of hydrogen-bond donors (Lipinski definition) is 0. The zero-order valence-electron chi connectivity index (χ0n) is 41.5. The largest absolute Gasteiger partial charge is 0.458 e. The van der Waals surface area contributed by atoms with Gasteiger partial charge in [0.2, 0.25) is 0 Å². The summed E-state index contributed by atoms with van der Waals surface area (Å²) in [6, 6.07) is 39.3. The smallest absolute Gasteiger partial charge is 0.269 e. The van der Waals surface area contributed by atoms with Gasteiger partial charge in [0, 0.05) is 43.2 Å². The maximum atomic E-state index is 9.01. The van der Waals surface area contributed by atoms with E-state index in [1.807, 2.05) is 78.9 Å². The molecule has 0 fully saturated rings. The molecule has 0 aliphatic heterocycles. The second-order valence-corrected chi connectivity index (χ2v) is 15.3. The standard InChI is InChI=1S/C54H34N4OS/c1-3-15-36(16-4-1)42-24-13-25-43(37-17-5-2-6-18-37)53(42)57-35-56(48-27-8-9-28-49(48)57)38-19-11-21-40(31-38)59-41-22-12-20-39(32-41)58-50-34-52-47(44-23-7-10-29-51(44)60-52)33-46(50)45-26-14-30-55-54(45)58/h1-34H/i1D,2D,3D,4D,5D,6D,15D,16D,17D,18D. The molecule has 0 unspecified atom stereocenters. The third-order valence-electron chi connectivity index (χ3n) is 10.8. The van der Waals surface area contributed by atoms with Gasteiger partial charge in [0.1, 0.15) is 17.1 Å². The first-order valence-electron chi connectivity index (χ1n) is 24.2. The van der Waals surface area contributed by atoms with Crippen LogP contribution >= 0.6 is 11.3 Å². The predicted molar refractivity (Wildman–Crippen MR) is 246 cm³/mol. The van der Waals surface area contributed by atoms with Crippen LogP contribution < -0.4 is 9.30 Å². The molecule has 0 atom stereocenters. The van der Waals surface area contributed by atoms with Crippen LogP contribution in [0.3, 0.4) is 0 Å². The fourth-order valence-corrected chi connectivity index (χ4v) is 9.33. The van der Waals surface area contributed by atoms with Crippen molar-refractivity contribution in [2.45, 2.75) is 0 Å². The van der Waals surface area contributed by atoms with Crippen molar-refractivity contribution < 1.29 is 23.0 Å². The van der Waals surface area contributed by atoms with Crippen LogP contribution in [0.1, 0.15) is 13.7 Å². The van der Waals surface area contributed by atoms with Crippen LogP contribution in [0.25, 0.3) is 92.5 Å². The van der Waals surface area contributed by atoms with E-state index in [1.165, 1.54) is 20.2 Å². The lowest BCUT2D eigenvalue weighted by Crippen LogP contribution is -2.31. The number of para-hydroxylation sites is 3. The van der Waals surface area contributed by atoms with Gasteiger partial charge in [0.25, 0.3) is 6.33 Å². The molecule has 0 N–H and O–H groups in total. The van der Waals surface area contributed by atoms with Crippen LogP contribution in [0.5, 0.6) is 11.5 Å². The number of aromatic nitrogens is 4. The third kappa shape index (κ3) is 5.61. The van der Waals surface area contributed by atoms with E-state index >= 15 is 0 Å². The van der Waals surface area contributed by atoms with E-state index in [4.69, 9.17) is 23.4 Å². The van der Waals surface area contributed by atoms with Gasteiger partial charge < -0.3 is 4.74 Å². The Morgan fingerprint density at radius 2 is 1.22 bits per heavy atom. The van der Waals surface area contributed by atoms with Crippen LogP contribution in [0.4, 0.5) is 0 Å². The van der Waals surface area contributed by atoms with Gasteiger partial charge in [-0.25, -0.2) is 4.98 Å². The average molecular weight is 797 g/mol. The quantitative estimate of drug-likeness (QED) is 0.119. The molecule has 12 rings (SSSR count). The van der Waals surface area contributed by atoms with Crippen molar-refractivity contribution in [1.29, 1.82) is 0 Å². The number of fused-ring (bicyclic) bond motifs is 7. The van der Waals surface area contributed by atoms with E-state index in [0.29, 0.717) is 28.2 Å². The van der Waals surface area contributed by atoms with Gasteiger partial charge in [0.05, 0.1) is 47.3 Å². The number of benzene rings is 8. The molecule has 0 radical (unpaired) electrons. The van der Waals surface area contributed by atoms with Crippen LogP contribution in [0.2, 0.25) is 0 Å². The Hall–Kier alpha value is -7.80. The molecule has 0 aliphatic carbocycles. The molecule has 4 heterocycles. The van der Waals surface area contributed by atoms with Crippen molar-refractivity contribution in [3.05, 3.63) is 212 Å². The number of hydrogen-bond acceptors (Lipinski definition) is 3. The van der Waals surface area contributed by atoms with Crippen LogP contribution in [-0.2, 0) is 0 Å². The number of ether oxygens (including phenoxy) is 1. The summed E-state index contributed by atoms with van der Waals surface area (Å²) in [5, 5.41) is 4.57. The summed E-state index contributed by atoms with van der Waals surface area (Å²) in [7, 11) is 0. The van der Waals surface area contributed by atoms with Gasteiger partial charge in [-0.1, -0.05) is 133 Å². The molecule has 60 heavy (non-hydrogen) atoms. The van der Waals surface area contributed by atoms with Crippen LogP contribution in [-0.4, -0.2) is 14.1 Å². The monoisotopic (exact) mass is 796 g/mol. The number of thiophene rings is 1. The number of rotatable bonds is 7. The summed E-state index contributed by atoms with van der Waals surface area (Å²) in [5.41, 5.74) is 4.81. The third-order valence-corrected chi connectivity index (χ3v) is 11.9. The molecule has 12 aromatic rings. The maximum Gasteiger partial charge on any atom is 0.269 e. The SMILES string of the molecule is [2H]c1c([2H])c([2H])c(-c2cccc(-c3c([2H])c([2H])c([2H])c([2H])c3[2H])c2-[n+]2[c-]n(-c3cccc(Oc4cccc(-n5c6cc7sc8ccccc8c7cc6c6cccnc65)c4)c3)c3ccccc32)c([2H])c1[2H]. The summed E-state index contributed by atoms with van der Waals surface area (Å²) >= 11 is 1.77. The topological polar surface area (TPSA) is 35.9 Å². The highest BCUT2D eigenvalue weighted by Crippen LogP contribution is 2.41. The Morgan fingerprint density at radius 3 is 2.00 bits per heavy atom. The lowest BCUT2D eigenvalue weighted by molar-refractivity contribution is -0.571. The van der Waals surface area contributed by atoms with Crippen LogP contribution in [0, 0.1) is 6.33 Å². The molecule has 0 saturated heterocycles. The van der Waals surface area contributed by atoms with E-state index in [2.05, 4.69) is 53.4 Å². The van der Waals surface area contributed by atoms with Gasteiger partial charge in [-0.15, -0.1) is 11.3 Å². The molecule has 4 aromatic heterocycles. The zero-order valence-corrected chi connectivity index (χ0v) is 32.3. The predicted octanol–water partition coefficient (Wildman–Crippen LogP) is 13.7. The molecule has 8 aromatic carbocycles. The van der Waals surface area contributed by atoms with Crippen LogP contribution in [0.15, 0.2) is 206 Å². The Bertz CT molecular complexity index is 4060. The Morgan fingerprint density at radius 1 is 0.550 bits per heavy atom. The van der Waals surface area contributed by atoms with Gasteiger partial charge >= 0.3 is 0 Å². The van der Waals surface area contributed by atoms with Gasteiger partial charge in [-0.3, -0.25) is 13.7 Å². The first-order valence-corrected chi connectivity index (χ1v) is 20.0. The molecule has 0 bridgehead atoms. The number of imidazole rings is 1. The first-order chi connectivity index (χ1) is 33.9. The van der Waals surface area contributed by atoms with Crippen molar-refractivity contribution in [2.24, 2.45) is 0 Å². The summed E-state index contributed by atoms with van der Waals surface area (Å²) in [6.07, 6.45) is 5.24. The van der Waals surface area contributed by atoms with Crippen molar-refractivity contribution in [3.63, 3.8) is 0 Å². The average Bonchev–Trinajstić information content (AvgIpc) is 4.05. The highest BCUT2D eigenvalue weighted by molar-refractivity contribution is 7.25. The van der Waals surface area contributed by atoms with Gasteiger partial charge in [-0.05, 0) is 82.9 Å². The summed E-state index contributed by atoms with van der Waals surface area (Å²) < 4.78 is 102. The maximum absolute atomic E-state index is 9.01. The van der Waals surface area contributed by atoms with E-state index in [0.717, 1.165) is 27.6 Å². The highest BCUT2D eigenvalue weighted by atomic mass is 32.1. The second kappa shape index (κ2) is 13.9. The minimum Gasteiger partial charge on any atom is -0.458 e. The Balaban J connectivity index is 1.00. The molecular formula is C54H34N4OS. The van der Waals surface area contributed by atoms with Gasteiger partial charge in [0.15, 0.2) is 0 Å². The molecule has 5 nitrogen and oxygen atoms in total. The van der Waals surface area contributed by atoms with E-state index in [1.54, 1.807) is 44.9 Å². The van der Waals surface area contributed by atoms with Crippen molar-refractivity contribution in [2.75, 3.05) is 0 Å². The van der Waals surface area contributed by atoms with E-state index in [-0.39, 0.29) is 27.9 Å². The molecule has 0 saturated carbocycles. The number of pyridine rings is 1. The fourth-order valence-electron chi connectivity index (χ4n) is 8.21. The Labute approximate surface area is 363 Å². The Kier molecular flexibility index (Phi) is 5.93. The van der Waals surface area contributed by atoms with Crippen molar-refractivity contribution >= 4 is 64.5 Å². The highest BCUT2D eigenvalue weighted by Gasteiger charge is 2.20. The summed E-state index contributed by atoms with van der Waals surface area (Å²) in [4.78, 5) is 4.86. The molecular weight excluding hydrogens is 753 g/mol. The molecule has 0 spiro atoms. The van der Waals surface area contributed by atoms with Crippen molar-refractivity contribution in [1.82, 2.24) is 14.1 Å². The van der Waals surface area contributed by atoms with E-state index in [9.17, 15) is 0 Å². The molecule has 282 valence electrons. The molecule has 6 heteroatoms. The van der Waals surface area contributed by atoms with Crippen molar-refractivity contribution in [3.8, 4) is 50.8 Å². The second-order valence-electron chi connectivity index (χ2n) is 14.2. The normalized spacial score (nSPS) is 14.0. The lowest BCUT2D eigenvalue weighted by Gasteiger charge is -2.17. The minimum absolute atomic E-state index is 0.129. The van der Waals surface area contributed by atoms with Gasteiger partial charge in [-0.2, -0.15) is 0 Å². The summed E-state index contributed by atoms with van der Waals surface area (Å²) in [6.45, 7) is 0. The zero-order chi connectivity index (χ0) is 48.3. The first kappa shape index (κ1) is 25.5. The summed E-state index contributed by atoms with van der Waals surface area (Å²) in [5.74, 6) is 1.09. The minimum atomic E-state index is -0.566. The lowest BCUT2D eigenvalue weighted by atomic mass is 9.95.